The Balaban J connectivity index is 2.18. The van der Waals surface area contributed by atoms with E-state index in [0.29, 0.717) is 11.3 Å². The van der Waals surface area contributed by atoms with Gasteiger partial charge in [0.25, 0.3) is 5.91 Å². The van der Waals surface area contributed by atoms with Crippen LogP contribution in [0.1, 0.15) is 48.0 Å². The lowest BCUT2D eigenvalue weighted by atomic mass is 9.89. The van der Waals surface area contributed by atoms with Crippen LogP contribution >= 0.6 is 0 Å². The van der Waals surface area contributed by atoms with Crippen molar-refractivity contribution in [1.29, 1.82) is 0 Å². The van der Waals surface area contributed by atoms with Gasteiger partial charge in [0.1, 0.15) is 28.6 Å². The lowest BCUT2D eigenvalue weighted by molar-refractivity contribution is -0.266. The van der Waals surface area contributed by atoms with E-state index in [-0.39, 0.29) is 16.9 Å². The molecule has 0 radical (unpaired) electrons. The first-order chi connectivity index (χ1) is 19.5. The molecule has 0 saturated heterocycles. The molecular weight excluding hydrogens is 568 g/mol. The highest BCUT2D eigenvalue weighted by Gasteiger charge is 2.58. The minimum atomic E-state index is -5.67. The van der Waals surface area contributed by atoms with E-state index in [2.05, 4.69) is 16.6 Å². The summed E-state index contributed by atoms with van der Waals surface area (Å²) in [7, 11) is 1.28. The molecule has 0 aliphatic carbocycles. The number of hydrogen-bond acceptors (Lipinski definition) is 6. The molecule has 1 atom stereocenters. The third-order valence-electron chi connectivity index (χ3n) is 6.24. The number of ether oxygens (including phenoxy) is 1. The van der Waals surface area contributed by atoms with E-state index in [1.807, 2.05) is 5.32 Å². The Morgan fingerprint density at radius 1 is 1.10 bits per heavy atom. The summed E-state index contributed by atoms with van der Waals surface area (Å²) in [5, 5.41) is 23.3. The minimum absolute atomic E-state index is 0.0896. The van der Waals surface area contributed by atoms with E-state index in [0.717, 1.165) is 38.1 Å². The van der Waals surface area contributed by atoms with Gasteiger partial charge in [0.05, 0.1) is 24.8 Å². The highest BCUT2D eigenvalue weighted by atomic mass is 19.4. The molecule has 3 N–H and O–H groups in total. The van der Waals surface area contributed by atoms with Gasteiger partial charge in [-0.25, -0.2) is 18.2 Å². The van der Waals surface area contributed by atoms with E-state index in [4.69, 9.17) is 4.74 Å². The van der Waals surface area contributed by atoms with E-state index in [1.54, 1.807) is 6.92 Å². The number of aliphatic imine (C=N–C) groups is 1. The Hall–Kier alpha value is -4.23. The van der Waals surface area contributed by atoms with Gasteiger partial charge in [-0.05, 0) is 57.2 Å². The number of methoxy groups -OCH3 is 1. The van der Waals surface area contributed by atoms with Crippen LogP contribution in [0.4, 0.5) is 32.0 Å². The molecule has 0 aliphatic heterocycles. The fraction of sp³-hybridized carbons (Fsp3) is 0.276. The number of benzene rings is 2. The van der Waals surface area contributed by atoms with Crippen LogP contribution in [0, 0.1) is 17.5 Å². The molecule has 0 bridgehead atoms. The largest absolute Gasteiger partial charge is 0.494 e. The van der Waals surface area contributed by atoms with Crippen molar-refractivity contribution in [2.75, 3.05) is 13.7 Å². The van der Waals surface area contributed by atoms with Crippen molar-refractivity contribution in [3.8, 4) is 17.0 Å². The van der Waals surface area contributed by atoms with Gasteiger partial charge >= 0.3 is 6.18 Å². The first-order valence-corrected chi connectivity index (χ1v) is 12.3. The average molecular weight is 596 g/mol. The fourth-order valence-corrected chi connectivity index (χ4v) is 4.12. The van der Waals surface area contributed by atoms with Gasteiger partial charge in [0.15, 0.2) is 11.6 Å². The lowest BCUT2D eigenvalue weighted by Crippen LogP contribution is -2.52. The summed E-state index contributed by atoms with van der Waals surface area (Å²) >= 11 is 0. The maximum absolute atomic E-state index is 15.6. The number of aromatic nitrogens is 1. The molecule has 13 heteroatoms. The number of nitrogens with zero attached hydrogens (tertiary/aromatic N) is 2. The normalized spacial score (nSPS) is 13.6. The molecule has 0 spiro atoms. The van der Waals surface area contributed by atoms with Crippen LogP contribution in [0.3, 0.4) is 0 Å². The van der Waals surface area contributed by atoms with Crippen molar-refractivity contribution >= 4 is 23.9 Å². The van der Waals surface area contributed by atoms with Gasteiger partial charge in [-0.15, -0.1) is 0 Å². The molecule has 1 amide bonds. The molecule has 1 heterocycles. The third kappa shape index (κ3) is 6.16. The zero-order chi connectivity index (χ0) is 31.6. The summed E-state index contributed by atoms with van der Waals surface area (Å²) in [6.45, 7) is 5.40. The predicted molar refractivity (Wildman–Crippen MR) is 144 cm³/mol. The number of hydrogen-bond donors (Lipinski definition) is 3. The first-order valence-electron chi connectivity index (χ1n) is 12.3. The van der Waals surface area contributed by atoms with Crippen molar-refractivity contribution in [2.24, 2.45) is 4.99 Å². The van der Waals surface area contributed by atoms with Gasteiger partial charge in [-0.3, -0.25) is 9.79 Å². The van der Waals surface area contributed by atoms with E-state index in [9.17, 15) is 32.6 Å². The monoisotopic (exact) mass is 595 g/mol. The van der Waals surface area contributed by atoms with Gasteiger partial charge in [-0.1, -0.05) is 12.7 Å². The van der Waals surface area contributed by atoms with Crippen molar-refractivity contribution < 1.29 is 46.1 Å². The summed E-state index contributed by atoms with van der Waals surface area (Å²) in [4.78, 5) is 20.6. The molecule has 2 aromatic carbocycles. The zero-order valence-corrected chi connectivity index (χ0v) is 22.9. The Kier molecular flexibility index (Phi) is 9.18. The van der Waals surface area contributed by atoms with Gasteiger partial charge in [0, 0.05) is 22.9 Å². The van der Waals surface area contributed by atoms with Crippen LogP contribution in [0.15, 0.2) is 48.0 Å². The number of carbonyl (C=O) groups is 1. The Morgan fingerprint density at radius 2 is 1.71 bits per heavy atom. The standard InChI is InChI=1S/C29H27F6N3O4/c1-6-15-12-17(13-19(42-5)23(15)36-7-2)26(39)37-14-28(41,29(33,34)35)25-22(32)20(27(3,4)40)21(31)24(38-25)16-8-10-18(30)11-9-16/h6-13,40-41H,1,14H2,2-5H3,(H,37,39)/t28-/m0/s1. The molecule has 0 unspecified atom stereocenters. The van der Waals surface area contributed by atoms with Crippen LogP contribution in [-0.2, 0) is 11.2 Å². The van der Waals surface area contributed by atoms with Crippen molar-refractivity contribution in [3.63, 3.8) is 0 Å². The molecule has 3 rings (SSSR count). The quantitative estimate of drug-likeness (QED) is 0.210. The smallest absolute Gasteiger partial charge is 0.424 e. The number of aliphatic hydroxyl groups is 2. The first kappa shape index (κ1) is 32.3. The van der Waals surface area contributed by atoms with Crippen LogP contribution < -0.4 is 10.1 Å². The topological polar surface area (TPSA) is 104 Å². The number of amides is 1. The van der Waals surface area contributed by atoms with E-state index < -0.39 is 64.2 Å². The number of halogens is 6. The number of nitrogens with one attached hydrogen (secondary N) is 1. The van der Waals surface area contributed by atoms with Crippen LogP contribution in [-0.4, -0.2) is 47.1 Å². The predicted octanol–water partition coefficient (Wildman–Crippen LogP) is 5.95. The van der Waals surface area contributed by atoms with Crippen molar-refractivity contribution in [1.82, 2.24) is 10.3 Å². The van der Waals surface area contributed by atoms with Gasteiger partial charge in [0.2, 0.25) is 5.60 Å². The molecule has 0 aliphatic rings. The molecule has 224 valence electrons. The fourth-order valence-electron chi connectivity index (χ4n) is 4.12. The second-order valence-corrected chi connectivity index (χ2v) is 9.63. The van der Waals surface area contributed by atoms with Gasteiger partial charge < -0.3 is 20.3 Å². The van der Waals surface area contributed by atoms with Crippen molar-refractivity contribution in [3.05, 3.63) is 82.8 Å². The zero-order valence-electron chi connectivity index (χ0n) is 22.9. The lowest BCUT2D eigenvalue weighted by Gasteiger charge is -2.32. The SMILES string of the molecule is C=Cc1cc(C(=O)NC[C@](O)(c2nc(-c3ccc(F)cc3)c(F)c(C(C)(C)O)c2F)C(F)(F)F)cc(OC)c1N=CC. The number of carbonyl (C=O) groups excluding carboxylic acids is 1. The van der Waals surface area contributed by atoms with E-state index in [1.165, 1.54) is 31.5 Å². The second kappa shape index (κ2) is 11.9. The average Bonchev–Trinajstić information content (AvgIpc) is 2.91. The maximum atomic E-state index is 15.6. The summed E-state index contributed by atoms with van der Waals surface area (Å²) in [6, 6.07) is 6.12. The Labute approximate surface area is 237 Å². The molecule has 7 nitrogen and oxygen atoms in total. The number of pyridine rings is 1. The second-order valence-electron chi connectivity index (χ2n) is 9.63. The number of alkyl halides is 3. The van der Waals surface area contributed by atoms with Crippen LogP contribution in [0.5, 0.6) is 5.75 Å². The summed E-state index contributed by atoms with van der Waals surface area (Å²) in [5.74, 6) is -5.31. The number of rotatable bonds is 9. The highest BCUT2D eigenvalue weighted by Crippen LogP contribution is 2.43. The highest BCUT2D eigenvalue weighted by molar-refractivity contribution is 5.96. The van der Waals surface area contributed by atoms with Gasteiger partial charge in [-0.2, -0.15) is 13.2 Å². The summed E-state index contributed by atoms with van der Waals surface area (Å²) < 4.78 is 93.1. The van der Waals surface area contributed by atoms with E-state index >= 15 is 8.78 Å². The molecule has 42 heavy (non-hydrogen) atoms. The minimum Gasteiger partial charge on any atom is -0.494 e. The van der Waals surface area contributed by atoms with Crippen LogP contribution in [0.2, 0.25) is 0 Å². The van der Waals surface area contributed by atoms with Crippen molar-refractivity contribution in [2.45, 2.75) is 38.1 Å². The molecule has 1 aromatic heterocycles. The Bertz CT molecular complexity index is 1530. The Morgan fingerprint density at radius 3 is 2.21 bits per heavy atom. The summed E-state index contributed by atoms with van der Waals surface area (Å²) in [6.07, 6.45) is -2.90. The molecular formula is C29H27F6N3O4. The summed E-state index contributed by atoms with van der Waals surface area (Å²) in [5.41, 5.74) is -10.3. The van der Waals surface area contributed by atoms with Crippen LogP contribution in [0.25, 0.3) is 17.3 Å². The third-order valence-corrected chi connectivity index (χ3v) is 6.24. The maximum Gasteiger partial charge on any atom is 0.424 e. The molecule has 0 saturated carbocycles. The molecule has 3 aromatic rings. The molecule has 0 fully saturated rings.